The quantitative estimate of drug-likeness (QED) is 0.144. The summed E-state index contributed by atoms with van der Waals surface area (Å²) in [6.07, 6.45) is 3.04. The van der Waals surface area contributed by atoms with Gasteiger partial charge in [-0.1, -0.05) is 28.6 Å². The van der Waals surface area contributed by atoms with Crippen LogP contribution >= 0.6 is 15.9 Å². The van der Waals surface area contributed by atoms with Crippen molar-refractivity contribution in [1.29, 1.82) is 0 Å². The number of carbonyl (C=O) groups is 2. The van der Waals surface area contributed by atoms with E-state index in [-0.39, 0.29) is 0 Å². The van der Waals surface area contributed by atoms with Gasteiger partial charge in [-0.25, -0.2) is 10.2 Å². The number of hydrogen-bond donors (Lipinski definition) is 1. The van der Waals surface area contributed by atoms with Gasteiger partial charge in [-0.2, -0.15) is 5.10 Å². The Kier molecular flexibility index (Phi) is 8.37. The van der Waals surface area contributed by atoms with Gasteiger partial charge in [0.05, 0.1) is 18.9 Å². The maximum atomic E-state index is 12.5. The van der Waals surface area contributed by atoms with Crippen molar-refractivity contribution in [3.8, 4) is 17.2 Å². The van der Waals surface area contributed by atoms with Crippen LogP contribution in [0.4, 0.5) is 0 Å². The number of amides is 1. The first-order valence-corrected chi connectivity index (χ1v) is 10.6. The fourth-order valence-corrected chi connectivity index (χ4v) is 3.06. The van der Waals surface area contributed by atoms with Crippen molar-refractivity contribution in [2.75, 3.05) is 13.7 Å². The summed E-state index contributed by atoms with van der Waals surface area (Å²) in [5.41, 5.74) is 3.74. The maximum Gasteiger partial charge on any atom is 0.343 e. The lowest BCUT2D eigenvalue weighted by Crippen LogP contribution is -2.17. The minimum absolute atomic E-state index is 0.292. The van der Waals surface area contributed by atoms with E-state index in [4.69, 9.17) is 14.2 Å². The molecule has 0 saturated heterocycles. The van der Waals surface area contributed by atoms with Crippen molar-refractivity contribution >= 4 is 34.0 Å². The molecule has 1 N–H and O–H groups in total. The van der Waals surface area contributed by atoms with Crippen molar-refractivity contribution < 1.29 is 23.8 Å². The van der Waals surface area contributed by atoms with Crippen LogP contribution < -0.4 is 19.6 Å². The van der Waals surface area contributed by atoms with Gasteiger partial charge in [-0.15, -0.1) is 0 Å². The van der Waals surface area contributed by atoms with Crippen LogP contribution in [0.2, 0.25) is 0 Å². The van der Waals surface area contributed by atoms with Crippen LogP contribution in [-0.2, 0) is 0 Å². The fraction of sp³-hybridized carbons (Fsp3) is 0.0800. The number of benzene rings is 3. The largest absolute Gasteiger partial charge is 0.497 e. The van der Waals surface area contributed by atoms with Gasteiger partial charge in [0.2, 0.25) is 0 Å². The molecule has 3 rings (SSSR count). The van der Waals surface area contributed by atoms with Crippen LogP contribution in [0, 0.1) is 0 Å². The second-order valence-corrected chi connectivity index (χ2v) is 7.54. The number of carbonyl (C=O) groups excluding carboxylic acids is 2. The summed E-state index contributed by atoms with van der Waals surface area (Å²) in [7, 11) is 1.55. The summed E-state index contributed by atoms with van der Waals surface area (Å²) >= 11 is 3.38. The van der Waals surface area contributed by atoms with Crippen LogP contribution in [0.15, 0.2) is 89.0 Å². The number of ether oxygens (including phenoxy) is 3. The third-order valence-corrected chi connectivity index (χ3v) is 4.85. The molecule has 0 spiro atoms. The molecular weight excluding hydrogens is 488 g/mol. The summed E-state index contributed by atoms with van der Waals surface area (Å²) in [4.78, 5) is 24.8. The van der Waals surface area contributed by atoms with Gasteiger partial charge < -0.3 is 14.2 Å². The van der Waals surface area contributed by atoms with Gasteiger partial charge in [-0.05, 0) is 66.7 Å². The molecule has 0 bridgehead atoms. The lowest BCUT2D eigenvalue weighted by atomic mass is 10.2. The van der Waals surface area contributed by atoms with Crippen LogP contribution in [-0.4, -0.2) is 31.8 Å². The molecule has 0 fully saturated rings. The number of esters is 1. The molecule has 33 heavy (non-hydrogen) atoms. The summed E-state index contributed by atoms with van der Waals surface area (Å²) in [6, 6.07) is 18.3. The average Bonchev–Trinajstić information content (AvgIpc) is 2.84. The van der Waals surface area contributed by atoms with Gasteiger partial charge in [0.1, 0.15) is 23.9 Å². The fourth-order valence-electron chi connectivity index (χ4n) is 2.68. The highest BCUT2D eigenvalue weighted by Crippen LogP contribution is 2.23. The number of hydrazone groups is 1. The third kappa shape index (κ3) is 6.78. The number of halogens is 1. The Hall–Kier alpha value is -3.91. The highest BCUT2D eigenvalue weighted by atomic mass is 79.9. The highest BCUT2D eigenvalue weighted by molar-refractivity contribution is 9.10. The number of rotatable bonds is 9. The van der Waals surface area contributed by atoms with E-state index in [0.29, 0.717) is 40.5 Å². The Bertz CT molecular complexity index is 1160. The third-order valence-electron chi connectivity index (χ3n) is 4.35. The van der Waals surface area contributed by atoms with Crippen molar-refractivity contribution in [3.63, 3.8) is 0 Å². The monoisotopic (exact) mass is 508 g/mol. The Morgan fingerprint density at radius 3 is 2.33 bits per heavy atom. The number of methoxy groups -OCH3 is 1. The summed E-state index contributed by atoms with van der Waals surface area (Å²) in [5, 5.41) is 4.00. The second-order valence-electron chi connectivity index (χ2n) is 6.62. The summed E-state index contributed by atoms with van der Waals surface area (Å²) < 4.78 is 16.8. The van der Waals surface area contributed by atoms with Gasteiger partial charge >= 0.3 is 5.97 Å². The van der Waals surface area contributed by atoms with E-state index < -0.39 is 11.9 Å². The molecule has 1 amide bonds. The Balaban J connectivity index is 1.67. The van der Waals surface area contributed by atoms with E-state index in [9.17, 15) is 9.59 Å². The topological polar surface area (TPSA) is 86.2 Å². The molecule has 3 aromatic carbocycles. The van der Waals surface area contributed by atoms with Crippen molar-refractivity contribution in [2.45, 2.75) is 0 Å². The van der Waals surface area contributed by atoms with Gasteiger partial charge in [0.25, 0.3) is 5.91 Å². The van der Waals surface area contributed by atoms with E-state index in [1.165, 1.54) is 6.21 Å². The molecule has 0 aliphatic heterocycles. The molecule has 8 heteroatoms. The van der Waals surface area contributed by atoms with Crippen molar-refractivity contribution in [3.05, 3.63) is 101 Å². The van der Waals surface area contributed by atoms with Crippen LogP contribution in [0.5, 0.6) is 17.2 Å². The average molecular weight is 509 g/mol. The first-order valence-electron chi connectivity index (χ1n) is 9.83. The van der Waals surface area contributed by atoms with E-state index in [0.717, 1.165) is 4.47 Å². The summed E-state index contributed by atoms with van der Waals surface area (Å²) in [5.74, 6) is 0.636. The van der Waals surface area contributed by atoms with Crippen molar-refractivity contribution in [1.82, 2.24) is 5.43 Å². The maximum absolute atomic E-state index is 12.5. The highest BCUT2D eigenvalue weighted by Gasteiger charge is 2.12. The normalized spacial score (nSPS) is 10.5. The minimum Gasteiger partial charge on any atom is -0.497 e. The smallest absolute Gasteiger partial charge is 0.343 e. The molecule has 3 aromatic rings. The SMILES string of the molecule is C=CCOc1ccc(C(=O)N/N=C/c2cc(Br)ccc2OC(=O)c2ccc(OC)cc2)cc1. The molecule has 0 unspecified atom stereocenters. The summed E-state index contributed by atoms with van der Waals surface area (Å²) in [6.45, 7) is 3.97. The first-order chi connectivity index (χ1) is 16.0. The standard InChI is InChI=1S/C25H21BrN2O5/c1-3-14-32-22-11-4-17(5-12-22)24(29)28-27-16-19-15-20(26)8-13-23(19)33-25(30)18-6-9-21(31-2)10-7-18/h3-13,15-16H,1,14H2,2H3,(H,28,29)/b27-16+. The molecule has 0 radical (unpaired) electrons. The lowest BCUT2D eigenvalue weighted by molar-refractivity contribution is 0.0734. The molecular formula is C25H21BrN2O5. The van der Waals surface area contributed by atoms with E-state index in [1.54, 1.807) is 79.9 Å². The van der Waals surface area contributed by atoms with E-state index in [1.807, 2.05) is 0 Å². The predicted octanol–water partition coefficient (Wildman–Crippen LogP) is 5.01. The van der Waals surface area contributed by atoms with Gasteiger partial charge in [0.15, 0.2) is 0 Å². The number of hydrogen-bond acceptors (Lipinski definition) is 6. The molecule has 0 atom stereocenters. The van der Waals surface area contributed by atoms with Gasteiger partial charge in [-0.3, -0.25) is 4.79 Å². The Morgan fingerprint density at radius 2 is 1.67 bits per heavy atom. The molecule has 0 heterocycles. The Morgan fingerprint density at radius 1 is 1.00 bits per heavy atom. The van der Waals surface area contributed by atoms with Crippen molar-refractivity contribution in [2.24, 2.45) is 5.10 Å². The zero-order chi connectivity index (χ0) is 23.6. The molecule has 0 aliphatic rings. The van der Waals surface area contributed by atoms with Crippen LogP contribution in [0.1, 0.15) is 26.3 Å². The van der Waals surface area contributed by atoms with E-state index >= 15 is 0 Å². The van der Waals surface area contributed by atoms with Crippen LogP contribution in [0.25, 0.3) is 0 Å². The zero-order valence-electron chi connectivity index (χ0n) is 17.8. The van der Waals surface area contributed by atoms with Crippen LogP contribution in [0.3, 0.4) is 0 Å². The minimum atomic E-state index is -0.530. The Labute approximate surface area is 199 Å². The molecule has 7 nitrogen and oxygen atoms in total. The first kappa shape index (κ1) is 23.7. The second kappa shape index (κ2) is 11.6. The number of nitrogens with one attached hydrogen (secondary N) is 1. The van der Waals surface area contributed by atoms with Gasteiger partial charge in [0, 0.05) is 15.6 Å². The van der Waals surface area contributed by atoms with E-state index in [2.05, 4.69) is 33.0 Å². The molecule has 0 aliphatic carbocycles. The predicted molar refractivity (Wildman–Crippen MR) is 129 cm³/mol. The zero-order valence-corrected chi connectivity index (χ0v) is 19.4. The molecule has 0 saturated carbocycles. The lowest BCUT2D eigenvalue weighted by Gasteiger charge is -2.09. The molecule has 168 valence electrons. The molecule has 0 aromatic heterocycles. The number of nitrogens with zero attached hydrogens (tertiary/aromatic N) is 1.